The van der Waals surface area contributed by atoms with Crippen LogP contribution >= 0.6 is 11.3 Å². The van der Waals surface area contributed by atoms with Crippen molar-refractivity contribution in [3.05, 3.63) is 39.6 Å². The van der Waals surface area contributed by atoms with Gasteiger partial charge in [-0.3, -0.25) is 4.79 Å². The largest absolute Gasteiger partial charge is 0.357 e. The number of H-pyrrole nitrogens is 1. The molecule has 1 aliphatic carbocycles. The molecule has 0 fully saturated rings. The van der Waals surface area contributed by atoms with E-state index in [1.807, 2.05) is 6.07 Å². The van der Waals surface area contributed by atoms with E-state index in [2.05, 4.69) is 15.3 Å². The van der Waals surface area contributed by atoms with Gasteiger partial charge in [0.05, 0.1) is 10.7 Å². The number of aromatic nitrogens is 2. The molecule has 1 aliphatic rings. The maximum absolute atomic E-state index is 11.7. The molecule has 0 spiro atoms. The Balaban J connectivity index is 1.51. The lowest BCUT2D eigenvalue weighted by Gasteiger charge is -2.01. The second-order valence-electron chi connectivity index (χ2n) is 4.42. The lowest BCUT2D eigenvalue weighted by molar-refractivity contribution is 0.0950. The van der Waals surface area contributed by atoms with Crippen LogP contribution in [-0.2, 0) is 19.3 Å². The molecule has 2 heterocycles. The maximum atomic E-state index is 11.7. The van der Waals surface area contributed by atoms with Crippen LogP contribution in [0, 0.1) is 0 Å². The number of thiazole rings is 1. The quantitative estimate of drug-likeness (QED) is 0.883. The number of hydrogen-bond acceptors (Lipinski definition) is 3. The third kappa shape index (κ3) is 2.31. The molecule has 0 unspecified atom stereocenters. The molecular formula is C13H15N3OS. The van der Waals surface area contributed by atoms with Gasteiger partial charge in [0.1, 0.15) is 5.69 Å². The van der Waals surface area contributed by atoms with Crippen LogP contribution in [0.5, 0.6) is 0 Å². The second-order valence-corrected chi connectivity index (χ2v) is 5.59. The number of hydrogen-bond donors (Lipinski definition) is 2. The molecule has 4 nitrogen and oxygen atoms in total. The van der Waals surface area contributed by atoms with Crippen molar-refractivity contribution in [3.63, 3.8) is 0 Å². The smallest absolute Gasteiger partial charge is 0.267 e. The summed E-state index contributed by atoms with van der Waals surface area (Å²) in [7, 11) is 0. The third-order valence-electron chi connectivity index (χ3n) is 3.11. The fraction of sp³-hybridized carbons (Fsp3) is 0.385. The van der Waals surface area contributed by atoms with Crippen LogP contribution in [0.15, 0.2) is 18.3 Å². The summed E-state index contributed by atoms with van der Waals surface area (Å²) in [6.07, 6.45) is 6.13. The number of aryl methyl sites for hydroxylation is 2. The molecular weight excluding hydrogens is 246 g/mol. The summed E-state index contributed by atoms with van der Waals surface area (Å²) in [5.74, 6) is -0.0518. The number of amides is 1. The normalized spacial score (nSPS) is 13.6. The minimum absolute atomic E-state index is 0.0518. The van der Waals surface area contributed by atoms with Crippen molar-refractivity contribution in [1.82, 2.24) is 15.3 Å². The average molecular weight is 261 g/mol. The molecule has 3 rings (SSSR count). The van der Waals surface area contributed by atoms with E-state index in [-0.39, 0.29) is 5.91 Å². The monoisotopic (exact) mass is 261 g/mol. The first-order chi connectivity index (χ1) is 8.83. The fourth-order valence-electron chi connectivity index (χ4n) is 2.20. The first-order valence-electron chi connectivity index (χ1n) is 6.22. The van der Waals surface area contributed by atoms with Crippen molar-refractivity contribution in [1.29, 1.82) is 0 Å². The maximum Gasteiger partial charge on any atom is 0.267 e. The predicted octanol–water partition coefficient (Wildman–Crippen LogP) is 1.93. The van der Waals surface area contributed by atoms with Gasteiger partial charge in [0.15, 0.2) is 0 Å². The standard InChI is InChI=1S/C13H15N3OS/c17-13(10-4-2-7-14-10)15-8-6-12-16-9-3-1-5-11(9)18-12/h2,4,7,14H,1,3,5-6,8H2,(H,15,17). The van der Waals surface area contributed by atoms with Crippen LogP contribution in [0.4, 0.5) is 0 Å². The molecule has 18 heavy (non-hydrogen) atoms. The molecule has 5 heteroatoms. The summed E-state index contributed by atoms with van der Waals surface area (Å²) >= 11 is 1.80. The molecule has 2 aromatic rings. The van der Waals surface area contributed by atoms with E-state index < -0.39 is 0 Å². The SMILES string of the molecule is O=C(NCCc1nc2c(s1)CCC2)c1ccc[nH]1. The predicted molar refractivity (Wildman–Crippen MR) is 71.0 cm³/mol. The highest BCUT2D eigenvalue weighted by atomic mass is 32.1. The Hall–Kier alpha value is -1.62. The first kappa shape index (κ1) is 11.5. The van der Waals surface area contributed by atoms with E-state index in [0.29, 0.717) is 12.2 Å². The molecule has 0 aromatic carbocycles. The zero-order valence-electron chi connectivity index (χ0n) is 10.0. The van der Waals surface area contributed by atoms with Gasteiger partial charge in [0, 0.05) is 24.0 Å². The van der Waals surface area contributed by atoms with Crippen molar-refractivity contribution in [2.75, 3.05) is 6.54 Å². The summed E-state index contributed by atoms with van der Waals surface area (Å²) < 4.78 is 0. The van der Waals surface area contributed by atoms with E-state index >= 15 is 0 Å². The van der Waals surface area contributed by atoms with Gasteiger partial charge >= 0.3 is 0 Å². The molecule has 94 valence electrons. The Bertz CT molecular complexity index is 523. The Kier molecular flexibility index (Phi) is 3.15. The number of nitrogens with zero attached hydrogens (tertiary/aromatic N) is 1. The minimum atomic E-state index is -0.0518. The fourth-order valence-corrected chi connectivity index (χ4v) is 3.36. The molecule has 0 bridgehead atoms. The van der Waals surface area contributed by atoms with Gasteiger partial charge in [-0.1, -0.05) is 0 Å². The van der Waals surface area contributed by atoms with E-state index in [1.54, 1.807) is 23.6 Å². The highest BCUT2D eigenvalue weighted by molar-refractivity contribution is 7.11. The van der Waals surface area contributed by atoms with Crippen LogP contribution in [0.1, 0.15) is 32.5 Å². The van der Waals surface area contributed by atoms with Crippen molar-refractivity contribution >= 4 is 17.2 Å². The van der Waals surface area contributed by atoms with Crippen LogP contribution in [0.25, 0.3) is 0 Å². The summed E-state index contributed by atoms with van der Waals surface area (Å²) in [4.78, 5) is 20.6. The molecule has 0 aliphatic heterocycles. The summed E-state index contributed by atoms with van der Waals surface area (Å²) in [5, 5.41) is 4.04. The summed E-state index contributed by atoms with van der Waals surface area (Å²) in [6, 6.07) is 3.59. The van der Waals surface area contributed by atoms with Gasteiger partial charge < -0.3 is 10.3 Å². The Labute approximate surface area is 109 Å². The van der Waals surface area contributed by atoms with Gasteiger partial charge in [-0.25, -0.2) is 4.98 Å². The summed E-state index contributed by atoms with van der Waals surface area (Å²) in [6.45, 7) is 0.643. The molecule has 0 saturated carbocycles. The van der Waals surface area contributed by atoms with Crippen LogP contribution in [-0.4, -0.2) is 22.4 Å². The first-order valence-corrected chi connectivity index (χ1v) is 7.03. The van der Waals surface area contributed by atoms with E-state index in [1.165, 1.54) is 23.4 Å². The Morgan fingerprint density at radius 1 is 1.50 bits per heavy atom. The van der Waals surface area contributed by atoms with Gasteiger partial charge in [-0.05, 0) is 31.4 Å². The Morgan fingerprint density at radius 2 is 2.44 bits per heavy atom. The zero-order valence-corrected chi connectivity index (χ0v) is 10.8. The number of carbonyl (C=O) groups is 1. The average Bonchev–Trinajstić information content (AvgIpc) is 3.05. The lowest BCUT2D eigenvalue weighted by Crippen LogP contribution is -2.25. The van der Waals surface area contributed by atoms with Crippen molar-refractivity contribution in [2.24, 2.45) is 0 Å². The Morgan fingerprint density at radius 3 is 3.22 bits per heavy atom. The van der Waals surface area contributed by atoms with Crippen molar-refractivity contribution in [3.8, 4) is 0 Å². The van der Waals surface area contributed by atoms with Gasteiger partial charge in [0.2, 0.25) is 0 Å². The van der Waals surface area contributed by atoms with E-state index in [9.17, 15) is 4.79 Å². The molecule has 2 aromatic heterocycles. The van der Waals surface area contributed by atoms with Gasteiger partial charge in [-0.2, -0.15) is 0 Å². The second kappa shape index (κ2) is 4.94. The van der Waals surface area contributed by atoms with E-state index in [4.69, 9.17) is 0 Å². The van der Waals surface area contributed by atoms with Gasteiger partial charge in [-0.15, -0.1) is 11.3 Å². The molecule has 0 radical (unpaired) electrons. The number of carbonyl (C=O) groups excluding carboxylic acids is 1. The number of fused-ring (bicyclic) bond motifs is 1. The molecule has 0 atom stereocenters. The third-order valence-corrected chi connectivity index (χ3v) is 4.32. The van der Waals surface area contributed by atoms with E-state index in [0.717, 1.165) is 17.8 Å². The van der Waals surface area contributed by atoms with Crippen LogP contribution < -0.4 is 5.32 Å². The number of nitrogens with one attached hydrogen (secondary N) is 2. The van der Waals surface area contributed by atoms with Crippen molar-refractivity contribution in [2.45, 2.75) is 25.7 Å². The van der Waals surface area contributed by atoms with Crippen LogP contribution in [0.3, 0.4) is 0 Å². The molecule has 0 saturated heterocycles. The zero-order chi connectivity index (χ0) is 12.4. The van der Waals surface area contributed by atoms with Crippen LogP contribution in [0.2, 0.25) is 0 Å². The summed E-state index contributed by atoms with van der Waals surface area (Å²) in [5.41, 5.74) is 1.89. The highest BCUT2D eigenvalue weighted by Crippen LogP contribution is 2.27. The number of aromatic amines is 1. The number of rotatable bonds is 4. The molecule has 1 amide bonds. The molecule has 2 N–H and O–H groups in total. The van der Waals surface area contributed by atoms with Crippen molar-refractivity contribution < 1.29 is 4.79 Å². The topological polar surface area (TPSA) is 57.8 Å². The highest BCUT2D eigenvalue weighted by Gasteiger charge is 2.16. The van der Waals surface area contributed by atoms with Gasteiger partial charge in [0.25, 0.3) is 5.91 Å². The lowest BCUT2D eigenvalue weighted by atomic mass is 10.3. The minimum Gasteiger partial charge on any atom is -0.357 e.